The third-order valence-electron chi connectivity index (χ3n) is 6.00. The van der Waals surface area contributed by atoms with Crippen LogP contribution in [-0.4, -0.2) is 47.0 Å². The van der Waals surface area contributed by atoms with Crippen molar-refractivity contribution in [1.82, 2.24) is 4.90 Å². The number of ether oxygens (including phenoxy) is 2. The number of likely N-dealkylation sites (tertiary alicyclic amines) is 1. The smallest absolute Gasteiger partial charge is 0.126 e. The molecule has 6 heteroatoms. The van der Waals surface area contributed by atoms with E-state index in [1.54, 1.807) is 6.07 Å². The van der Waals surface area contributed by atoms with Gasteiger partial charge in [-0.2, -0.15) is 0 Å². The summed E-state index contributed by atoms with van der Waals surface area (Å²) in [4.78, 5) is 2.22. The average molecular weight is 401 g/mol. The van der Waals surface area contributed by atoms with Crippen molar-refractivity contribution < 1.29 is 24.1 Å². The standard InChI is InChI=1S/C23H28FNO4/c1-2-28-18-6-3-16(4-7-18)21(27)15-25-11-9-23(10-12-25)14-20(26)19-13-17(24)5-8-22(19)29-23/h3-8,13,20-21,26-27H,2,9-12,14-15H2,1H3/t20-,21+/m0/s1. The predicted molar refractivity (Wildman–Crippen MR) is 108 cm³/mol. The predicted octanol–water partition coefficient (Wildman–Crippen LogP) is 3.61. The molecule has 1 spiro atoms. The van der Waals surface area contributed by atoms with E-state index in [0.29, 0.717) is 30.9 Å². The van der Waals surface area contributed by atoms with Gasteiger partial charge in [0.25, 0.3) is 0 Å². The van der Waals surface area contributed by atoms with E-state index in [2.05, 4.69) is 4.90 Å². The number of piperidine rings is 1. The summed E-state index contributed by atoms with van der Waals surface area (Å²) in [5.74, 6) is 1.02. The number of benzene rings is 2. The van der Waals surface area contributed by atoms with E-state index in [4.69, 9.17) is 9.47 Å². The molecule has 4 rings (SSSR count). The maximum atomic E-state index is 13.5. The highest BCUT2D eigenvalue weighted by Crippen LogP contribution is 2.44. The van der Waals surface area contributed by atoms with Gasteiger partial charge in [-0.1, -0.05) is 12.1 Å². The van der Waals surface area contributed by atoms with Crippen LogP contribution >= 0.6 is 0 Å². The average Bonchev–Trinajstić information content (AvgIpc) is 2.71. The SMILES string of the molecule is CCOc1ccc([C@H](O)CN2CCC3(CC2)C[C@H](O)c2cc(F)ccc2O3)cc1. The summed E-state index contributed by atoms with van der Waals surface area (Å²) in [7, 11) is 0. The first kappa shape index (κ1) is 20.1. The number of β-amino-alcohol motifs (C(OH)–C–C–N with tert-alkyl or cyclic N) is 1. The van der Waals surface area contributed by atoms with Gasteiger partial charge in [0.1, 0.15) is 22.9 Å². The molecule has 156 valence electrons. The number of hydrogen-bond acceptors (Lipinski definition) is 5. The highest BCUT2D eigenvalue weighted by Gasteiger charge is 2.43. The number of aliphatic hydroxyl groups excluding tert-OH is 2. The number of nitrogens with zero attached hydrogens (tertiary/aromatic N) is 1. The summed E-state index contributed by atoms with van der Waals surface area (Å²) in [5, 5.41) is 21.1. The van der Waals surface area contributed by atoms with E-state index >= 15 is 0 Å². The Morgan fingerprint density at radius 3 is 2.62 bits per heavy atom. The zero-order chi connectivity index (χ0) is 20.4. The highest BCUT2D eigenvalue weighted by atomic mass is 19.1. The van der Waals surface area contributed by atoms with Crippen molar-refractivity contribution >= 4 is 0 Å². The Morgan fingerprint density at radius 1 is 1.21 bits per heavy atom. The molecule has 2 heterocycles. The lowest BCUT2D eigenvalue weighted by atomic mass is 9.81. The van der Waals surface area contributed by atoms with Gasteiger partial charge in [-0.05, 0) is 55.7 Å². The second kappa shape index (κ2) is 8.30. The molecule has 2 aliphatic rings. The summed E-state index contributed by atoms with van der Waals surface area (Å²) in [6.07, 6.45) is 0.712. The van der Waals surface area contributed by atoms with Crippen LogP contribution < -0.4 is 9.47 Å². The van der Waals surface area contributed by atoms with Crippen molar-refractivity contribution in [2.75, 3.05) is 26.2 Å². The molecule has 0 bridgehead atoms. The van der Waals surface area contributed by atoms with Gasteiger partial charge in [-0.3, -0.25) is 0 Å². The lowest BCUT2D eigenvalue weighted by molar-refractivity contribution is -0.0589. The molecule has 0 saturated carbocycles. The minimum atomic E-state index is -0.713. The molecule has 1 fully saturated rings. The summed E-state index contributed by atoms with van der Waals surface area (Å²) < 4.78 is 25.1. The fourth-order valence-electron chi connectivity index (χ4n) is 4.36. The monoisotopic (exact) mass is 401 g/mol. The molecule has 0 radical (unpaired) electrons. The van der Waals surface area contributed by atoms with E-state index in [-0.39, 0.29) is 5.82 Å². The molecule has 0 aliphatic carbocycles. The Balaban J connectivity index is 1.35. The Bertz CT molecular complexity index is 833. The van der Waals surface area contributed by atoms with Gasteiger partial charge in [0.05, 0.1) is 18.8 Å². The quantitative estimate of drug-likeness (QED) is 0.802. The highest BCUT2D eigenvalue weighted by molar-refractivity contribution is 5.38. The molecule has 2 aromatic carbocycles. The molecule has 0 aromatic heterocycles. The lowest BCUT2D eigenvalue weighted by Crippen LogP contribution is -2.51. The van der Waals surface area contributed by atoms with E-state index < -0.39 is 17.8 Å². The first-order valence-corrected chi connectivity index (χ1v) is 10.3. The van der Waals surface area contributed by atoms with Crippen molar-refractivity contribution in [3.05, 3.63) is 59.4 Å². The largest absolute Gasteiger partial charge is 0.494 e. The number of rotatable bonds is 5. The summed E-state index contributed by atoms with van der Waals surface area (Å²) in [5.41, 5.74) is 0.975. The first-order chi connectivity index (χ1) is 14.0. The zero-order valence-electron chi connectivity index (χ0n) is 16.7. The third-order valence-corrected chi connectivity index (χ3v) is 6.00. The van der Waals surface area contributed by atoms with Crippen LogP contribution in [0.25, 0.3) is 0 Å². The second-order valence-corrected chi connectivity index (χ2v) is 8.01. The normalized spacial score (nSPS) is 22.0. The fraction of sp³-hybridized carbons (Fsp3) is 0.478. The molecule has 0 unspecified atom stereocenters. The molecular formula is C23H28FNO4. The minimum absolute atomic E-state index is 0.361. The Labute approximate surface area is 170 Å². The Morgan fingerprint density at radius 2 is 1.93 bits per heavy atom. The molecule has 2 atom stereocenters. The van der Waals surface area contributed by atoms with Crippen molar-refractivity contribution in [1.29, 1.82) is 0 Å². The minimum Gasteiger partial charge on any atom is -0.494 e. The van der Waals surface area contributed by atoms with Crippen LogP contribution in [0.2, 0.25) is 0 Å². The third kappa shape index (κ3) is 4.39. The van der Waals surface area contributed by atoms with Crippen LogP contribution in [0.15, 0.2) is 42.5 Å². The lowest BCUT2D eigenvalue weighted by Gasteiger charge is -2.46. The maximum absolute atomic E-state index is 13.5. The Hall–Kier alpha value is -2.15. The molecule has 5 nitrogen and oxygen atoms in total. The number of hydrogen-bond donors (Lipinski definition) is 2. The number of fused-ring (bicyclic) bond motifs is 1. The summed E-state index contributed by atoms with van der Waals surface area (Å²) in [6.45, 7) is 4.66. The first-order valence-electron chi connectivity index (χ1n) is 10.3. The summed E-state index contributed by atoms with van der Waals surface area (Å²) >= 11 is 0. The van der Waals surface area contributed by atoms with E-state index in [1.807, 2.05) is 31.2 Å². The Kier molecular flexibility index (Phi) is 5.76. The molecule has 2 N–H and O–H groups in total. The molecular weight excluding hydrogens is 373 g/mol. The maximum Gasteiger partial charge on any atom is 0.126 e. The summed E-state index contributed by atoms with van der Waals surface area (Å²) in [6, 6.07) is 11.9. The molecule has 29 heavy (non-hydrogen) atoms. The molecule has 0 amide bonds. The van der Waals surface area contributed by atoms with Crippen molar-refractivity contribution in [3.63, 3.8) is 0 Å². The van der Waals surface area contributed by atoms with Crippen molar-refractivity contribution in [2.45, 2.75) is 44.0 Å². The number of halogens is 1. The van der Waals surface area contributed by atoms with Crippen LogP contribution in [0.4, 0.5) is 4.39 Å². The van der Waals surface area contributed by atoms with Gasteiger partial charge in [-0.25, -0.2) is 4.39 Å². The van der Waals surface area contributed by atoms with Crippen LogP contribution in [-0.2, 0) is 0 Å². The van der Waals surface area contributed by atoms with Gasteiger partial charge in [-0.15, -0.1) is 0 Å². The van der Waals surface area contributed by atoms with Crippen LogP contribution in [0.1, 0.15) is 49.5 Å². The van der Waals surface area contributed by atoms with Gasteiger partial charge in [0.15, 0.2) is 0 Å². The topological polar surface area (TPSA) is 62.2 Å². The second-order valence-electron chi connectivity index (χ2n) is 8.01. The van der Waals surface area contributed by atoms with E-state index in [9.17, 15) is 14.6 Å². The fourth-order valence-corrected chi connectivity index (χ4v) is 4.36. The van der Waals surface area contributed by atoms with Crippen LogP contribution in [0, 0.1) is 5.82 Å². The van der Waals surface area contributed by atoms with Gasteiger partial charge < -0.3 is 24.6 Å². The van der Waals surface area contributed by atoms with Gasteiger partial charge >= 0.3 is 0 Å². The van der Waals surface area contributed by atoms with Crippen molar-refractivity contribution in [3.8, 4) is 11.5 Å². The molecule has 2 aliphatic heterocycles. The van der Waals surface area contributed by atoms with Gasteiger partial charge in [0, 0.05) is 31.6 Å². The van der Waals surface area contributed by atoms with Crippen molar-refractivity contribution in [2.24, 2.45) is 0 Å². The van der Waals surface area contributed by atoms with E-state index in [1.165, 1.54) is 12.1 Å². The molecule has 1 saturated heterocycles. The van der Waals surface area contributed by atoms with Crippen LogP contribution in [0.5, 0.6) is 11.5 Å². The van der Waals surface area contributed by atoms with Crippen LogP contribution in [0.3, 0.4) is 0 Å². The zero-order valence-corrected chi connectivity index (χ0v) is 16.7. The van der Waals surface area contributed by atoms with Gasteiger partial charge in [0.2, 0.25) is 0 Å². The molecule has 2 aromatic rings. The number of aliphatic hydroxyl groups is 2. The van der Waals surface area contributed by atoms with E-state index in [0.717, 1.165) is 37.2 Å².